The highest BCUT2D eigenvalue weighted by atomic mass is 16.2. The van der Waals surface area contributed by atoms with Crippen LogP contribution in [0.15, 0.2) is 12.1 Å². The Labute approximate surface area is 98.7 Å². The van der Waals surface area contributed by atoms with Gasteiger partial charge in [0.15, 0.2) is 0 Å². The number of aliphatic hydroxyl groups is 1. The predicted molar refractivity (Wildman–Crippen MR) is 70.1 cm³/mol. The average Bonchev–Trinajstić information content (AvgIpc) is 2.20. The molecule has 0 aliphatic carbocycles. The van der Waals surface area contributed by atoms with E-state index in [1.807, 2.05) is 0 Å². The Kier molecular flexibility index (Phi) is 5.33. The molecule has 0 aliphatic heterocycles. The van der Waals surface area contributed by atoms with Crippen molar-refractivity contribution in [1.82, 2.24) is 0 Å². The SMILES string of the molecule is Cc1cc(C)c(NCCCCCO)c(C)c1. The van der Waals surface area contributed by atoms with E-state index in [2.05, 4.69) is 38.2 Å². The summed E-state index contributed by atoms with van der Waals surface area (Å²) in [5.74, 6) is 0. The van der Waals surface area contributed by atoms with Crippen molar-refractivity contribution in [2.75, 3.05) is 18.5 Å². The molecular weight excluding hydrogens is 198 g/mol. The summed E-state index contributed by atoms with van der Waals surface area (Å²) in [6.45, 7) is 7.73. The summed E-state index contributed by atoms with van der Waals surface area (Å²) in [4.78, 5) is 0. The first-order valence-electron chi connectivity index (χ1n) is 6.07. The van der Waals surface area contributed by atoms with Crippen LogP contribution in [0, 0.1) is 20.8 Å². The van der Waals surface area contributed by atoms with E-state index in [-0.39, 0.29) is 0 Å². The summed E-state index contributed by atoms with van der Waals surface area (Å²) in [6.07, 6.45) is 3.12. The van der Waals surface area contributed by atoms with Crippen LogP contribution >= 0.6 is 0 Å². The lowest BCUT2D eigenvalue weighted by Gasteiger charge is -2.13. The van der Waals surface area contributed by atoms with Crippen LogP contribution in [0.25, 0.3) is 0 Å². The molecule has 90 valence electrons. The van der Waals surface area contributed by atoms with Gasteiger partial charge < -0.3 is 10.4 Å². The quantitative estimate of drug-likeness (QED) is 0.723. The summed E-state index contributed by atoms with van der Waals surface area (Å²) in [6, 6.07) is 4.42. The van der Waals surface area contributed by atoms with Crippen LogP contribution in [0.1, 0.15) is 36.0 Å². The van der Waals surface area contributed by atoms with Gasteiger partial charge in [-0.1, -0.05) is 17.7 Å². The Bertz CT molecular complexity index is 311. The van der Waals surface area contributed by atoms with Gasteiger partial charge in [-0.2, -0.15) is 0 Å². The van der Waals surface area contributed by atoms with Crippen LogP contribution in [0.3, 0.4) is 0 Å². The molecule has 0 heterocycles. The minimum Gasteiger partial charge on any atom is -0.396 e. The van der Waals surface area contributed by atoms with Crippen molar-refractivity contribution < 1.29 is 5.11 Å². The van der Waals surface area contributed by atoms with Gasteiger partial charge in [-0.05, 0) is 51.2 Å². The zero-order chi connectivity index (χ0) is 12.0. The van der Waals surface area contributed by atoms with Gasteiger partial charge in [0.2, 0.25) is 0 Å². The molecule has 0 saturated carbocycles. The second kappa shape index (κ2) is 6.54. The van der Waals surface area contributed by atoms with E-state index >= 15 is 0 Å². The van der Waals surface area contributed by atoms with Crippen molar-refractivity contribution in [3.05, 3.63) is 28.8 Å². The van der Waals surface area contributed by atoms with Gasteiger partial charge in [0.1, 0.15) is 0 Å². The first kappa shape index (κ1) is 13.0. The molecule has 0 radical (unpaired) electrons. The van der Waals surface area contributed by atoms with E-state index in [1.54, 1.807) is 0 Å². The summed E-state index contributed by atoms with van der Waals surface area (Å²) in [5.41, 5.74) is 5.23. The van der Waals surface area contributed by atoms with E-state index < -0.39 is 0 Å². The highest BCUT2D eigenvalue weighted by molar-refractivity contribution is 5.58. The van der Waals surface area contributed by atoms with Gasteiger partial charge in [-0.25, -0.2) is 0 Å². The Morgan fingerprint density at radius 1 is 1.00 bits per heavy atom. The molecular formula is C14H23NO. The molecule has 0 aliphatic rings. The zero-order valence-electron chi connectivity index (χ0n) is 10.6. The molecule has 0 atom stereocenters. The van der Waals surface area contributed by atoms with E-state index in [9.17, 15) is 0 Å². The van der Waals surface area contributed by atoms with Crippen molar-refractivity contribution in [3.8, 4) is 0 Å². The number of hydrogen-bond donors (Lipinski definition) is 2. The second-order valence-electron chi connectivity index (χ2n) is 4.48. The first-order chi connectivity index (χ1) is 7.65. The topological polar surface area (TPSA) is 32.3 Å². The van der Waals surface area contributed by atoms with Gasteiger partial charge in [0.05, 0.1) is 0 Å². The normalized spacial score (nSPS) is 10.5. The molecule has 0 spiro atoms. The Morgan fingerprint density at radius 3 is 2.19 bits per heavy atom. The van der Waals surface area contributed by atoms with E-state index in [1.165, 1.54) is 22.4 Å². The highest BCUT2D eigenvalue weighted by Gasteiger charge is 2.02. The molecule has 0 bridgehead atoms. The van der Waals surface area contributed by atoms with Crippen LogP contribution in [-0.4, -0.2) is 18.3 Å². The average molecular weight is 221 g/mol. The van der Waals surface area contributed by atoms with Crippen molar-refractivity contribution in [3.63, 3.8) is 0 Å². The van der Waals surface area contributed by atoms with Gasteiger partial charge in [0.25, 0.3) is 0 Å². The molecule has 2 N–H and O–H groups in total. The first-order valence-corrected chi connectivity index (χ1v) is 6.07. The third kappa shape index (κ3) is 3.86. The molecule has 1 aromatic rings. The molecule has 0 aromatic heterocycles. The Hall–Kier alpha value is -1.02. The largest absolute Gasteiger partial charge is 0.396 e. The number of hydrogen-bond acceptors (Lipinski definition) is 2. The highest BCUT2D eigenvalue weighted by Crippen LogP contribution is 2.21. The summed E-state index contributed by atoms with van der Waals surface area (Å²) in [5, 5.41) is 12.2. The fraction of sp³-hybridized carbons (Fsp3) is 0.571. The lowest BCUT2D eigenvalue weighted by Crippen LogP contribution is -2.05. The third-order valence-electron chi connectivity index (χ3n) is 2.81. The number of nitrogens with one attached hydrogen (secondary N) is 1. The monoisotopic (exact) mass is 221 g/mol. The number of aryl methyl sites for hydroxylation is 3. The Morgan fingerprint density at radius 2 is 1.62 bits per heavy atom. The van der Waals surface area contributed by atoms with Crippen molar-refractivity contribution >= 4 is 5.69 Å². The van der Waals surface area contributed by atoms with E-state index in [0.29, 0.717) is 6.61 Å². The molecule has 0 saturated heterocycles. The van der Waals surface area contributed by atoms with Crippen LogP contribution in [-0.2, 0) is 0 Å². The van der Waals surface area contributed by atoms with Gasteiger partial charge in [-0.3, -0.25) is 0 Å². The lowest BCUT2D eigenvalue weighted by molar-refractivity contribution is 0.283. The van der Waals surface area contributed by atoms with Crippen molar-refractivity contribution in [2.45, 2.75) is 40.0 Å². The standard InChI is InChI=1S/C14H23NO/c1-11-9-12(2)14(13(3)10-11)15-7-5-4-6-8-16/h9-10,15-16H,4-8H2,1-3H3. The molecule has 2 nitrogen and oxygen atoms in total. The van der Waals surface area contributed by atoms with Crippen LogP contribution in [0.5, 0.6) is 0 Å². The summed E-state index contributed by atoms with van der Waals surface area (Å²) >= 11 is 0. The third-order valence-corrected chi connectivity index (χ3v) is 2.81. The van der Waals surface area contributed by atoms with Crippen LogP contribution < -0.4 is 5.32 Å². The second-order valence-corrected chi connectivity index (χ2v) is 4.48. The molecule has 0 fully saturated rings. The fourth-order valence-corrected chi connectivity index (χ4v) is 2.09. The molecule has 0 unspecified atom stereocenters. The zero-order valence-corrected chi connectivity index (χ0v) is 10.6. The minimum atomic E-state index is 0.308. The maximum Gasteiger partial charge on any atom is 0.0431 e. The van der Waals surface area contributed by atoms with Gasteiger partial charge in [-0.15, -0.1) is 0 Å². The number of rotatable bonds is 6. The van der Waals surface area contributed by atoms with Crippen molar-refractivity contribution in [1.29, 1.82) is 0 Å². The maximum absolute atomic E-state index is 8.68. The number of aliphatic hydroxyl groups excluding tert-OH is 1. The molecule has 1 aromatic carbocycles. The fourth-order valence-electron chi connectivity index (χ4n) is 2.09. The van der Waals surface area contributed by atoms with Gasteiger partial charge in [0, 0.05) is 18.8 Å². The molecule has 0 amide bonds. The molecule has 2 heteroatoms. The number of unbranched alkanes of at least 4 members (excludes halogenated alkanes) is 2. The minimum absolute atomic E-state index is 0.308. The van der Waals surface area contributed by atoms with Crippen LogP contribution in [0.4, 0.5) is 5.69 Å². The number of benzene rings is 1. The van der Waals surface area contributed by atoms with Crippen molar-refractivity contribution in [2.24, 2.45) is 0 Å². The van der Waals surface area contributed by atoms with Crippen LogP contribution in [0.2, 0.25) is 0 Å². The summed E-state index contributed by atoms with van der Waals surface area (Å²) < 4.78 is 0. The smallest absolute Gasteiger partial charge is 0.0431 e. The lowest BCUT2D eigenvalue weighted by atomic mass is 10.0. The molecule has 16 heavy (non-hydrogen) atoms. The van der Waals surface area contributed by atoms with Gasteiger partial charge >= 0.3 is 0 Å². The predicted octanol–water partition coefficient (Wildman–Crippen LogP) is 3.19. The van der Waals surface area contributed by atoms with E-state index in [4.69, 9.17) is 5.11 Å². The Balaban J connectivity index is 2.47. The molecule has 1 rings (SSSR count). The number of anilines is 1. The van der Waals surface area contributed by atoms with E-state index in [0.717, 1.165) is 25.8 Å². The summed E-state index contributed by atoms with van der Waals surface area (Å²) in [7, 11) is 0. The maximum atomic E-state index is 8.68.